The predicted molar refractivity (Wildman–Crippen MR) is 101 cm³/mol. The third-order valence-corrected chi connectivity index (χ3v) is 6.19. The molecule has 128 valence electrons. The Hall–Kier alpha value is -1.14. The Bertz CT molecular complexity index is 684. The van der Waals surface area contributed by atoms with Gasteiger partial charge in [0, 0.05) is 18.3 Å². The number of nitrogens with zero attached hydrogens (tertiary/aromatic N) is 1. The van der Waals surface area contributed by atoms with Crippen molar-refractivity contribution in [1.29, 1.82) is 0 Å². The zero-order valence-corrected chi connectivity index (χ0v) is 15.9. The quantitative estimate of drug-likeness (QED) is 0.842. The second-order valence-corrected chi connectivity index (χ2v) is 9.47. The Kier molecular flexibility index (Phi) is 5.68. The van der Waals surface area contributed by atoms with Crippen LogP contribution in [0.25, 0.3) is 0 Å². The third-order valence-electron chi connectivity index (χ3n) is 4.11. The SMILES string of the molecule is Cc1ccc(C)c(NC(=S)N(CC(C)C)[C@@H]2CCS(=O)(=O)C2)c1. The van der Waals surface area contributed by atoms with E-state index in [9.17, 15) is 8.42 Å². The molecule has 1 aromatic carbocycles. The Morgan fingerprint density at radius 2 is 2.09 bits per heavy atom. The molecule has 0 unspecified atom stereocenters. The van der Waals surface area contributed by atoms with Crippen molar-refractivity contribution in [3.8, 4) is 0 Å². The molecule has 1 N–H and O–H groups in total. The van der Waals surface area contributed by atoms with Crippen molar-refractivity contribution in [2.24, 2.45) is 5.92 Å². The number of sulfone groups is 1. The van der Waals surface area contributed by atoms with E-state index in [-0.39, 0.29) is 17.5 Å². The summed E-state index contributed by atoms with van der Waals surface area (Å²) < 4.78 is 23.6. The molecule has 1 atom stereocenters. The molecule has 0 spiro atoms. The van der Waals surface area contributed by atoms with Gasteiger partial charge in [-0.2, -0.15) is 0 Å². The molecule has 4 nitrogen and oxygen atoms in total. The van der Waals surface area contributed by atoms with Crippen molar-refractivity contribution in [3.05, 3.63) is 29.3 Å². The average molecular weight is 355 g/mol. The van der Waals surface area contributed by atoms with Crippen LogP contribution in [-0.2, 0) is 9.84 Å². The molecule has 1 aromatic rings. The molecule has 0 saturated carbocycles. The first-order valence-electron chi connectivity index (χ1n) is 8.03. The Morgan fingerprint density at radius 3 is 2.65 bits per heavy atom. The van der Waals surface area contributed by atoms with Crippen LogP contribution < -0.4 is 5.32 Å². The summed E-state index contributed by atoms with van der Waals surface area (Å²) in [5.41, 5.74) is 3.28. The molecule has 1 fully saturated rings. The number of hydrogen-bond acceptors (Lipinski definition) is 3. The standard InChI is InChI=1S/C17H26N2O2S2/c1-12(2)10-19(15-7-8-23(20,21)11-15)17(22)18-16-9-13(3)5-6-14(16)4/h5-6,9,12,15H,7-8,10-11H2,1-4H3,(H,18,22)/t15-/m1/s1. The fraction of sp³-hybridized carbons (Fsp3) is 0.588. The van der Waals surface area contributed by atoms with E-state index >= 15 is 0 Å². The third kappa shape index (κ3) is 4.91. The first-order valence-corrected chi connectivity index (χ1v) is 10.3. The first kappa shape index (κ1) is 18.2. The van der Waals surface area contributed by atoms with Gasteiger partial charge in [0.05, 0.1) is 11.5 Å². The van der Waals surface area contributed by atoms with Gasteiger partial charge in [-0.3, -0.25) is 0 Å². The molecular formula is C17H26N2O2S2. The topological polar surface area (TPSA) is 49.4 Å². The van der Waals surface area contributed by atoms with Gasteiger partial charge in [0.2, 0.25) is 0 Å². The molecule has 23 heavy (non-hydrogen) atoms. The van der Waals surface area contributed by atoms with Gasteiger partial charge in [-0.15, -0.1) is 0 Å². The van der Waals surface area contributed by atoms with Crippen molar-refractivity contribution in [2.45, 2.75) is 40.2 Å². The summed E-state index contributed by atoms with van der Waals surface area (Å²) in [5, 5.41) is 3.94. The Balaban J connectivity index is 2.18. The minimum atomic E-state index is -2.93. The highest BCUT2D eigenvalue weighted by Gasteiger charge is 2.33. The monoisotopic (exact) mass is 354 g/mol. The molecule has 0 bridgehead atoms. The molecule has 0 amide bonds. The molecule has 0 radical (unpaired) electrons. The van der Waals surface area contributed by atoms with Crippen LogP contribution in [0.15, 0.2) is 18.2 Å². The number of anilines is 1. The van der Waals surface area contributed by atoms with Crippen LogP contribution in [0.2, 0.25) is 0 Å². The van der Waals surface area contributed by atoms with E-state index < -0.39 is 9.84 Å². The van der Waals surface area contributed by atoms with E-state index in [1.165, 1.54) is 5.56 Å². The molecule has 2 rings (SSSR count). The van der Waals surface area contributed by atoms with Crippen molar-refractivity contribution >= 4 is 32.9 Å². The molecular weight excluding hydrogens is 328 g/mol. The van der Waals surface area contributed by atoms with E-state index in [1.807, 2.05) is 13.8 Å². The van der Waals surface area contributed by atoms with Crippen LogP contribution >= 0.6 is 12.2 Å². The van der Waals surface area contributed by atoms with E-state index in [1.54, 1.807) is 0 Å². The second kappa shape index (κ2) is 7.18. The summed E-state index contributed by atoms with van der Waals surface area (Å²) in [6.07, 6.45) is 0.656. The van der Waals surface area contributed by atoms with Crippen LogP contribution in [0.4, 0.5) is 5.69 Å². The first-order chi connectivity index (χ1) is 10.7. The van der Waals surface area contributed by atoms with Crippen LogP contribution in [0.1, 0.15) is 31.4 Å². The lowest BCUT2D eigenvalue weighted by Gasteiger charge is -2.32. The summed E-state index contributed by atoms with van der Waals surface area (Å²) in [6.45, 7) is 9.09. The van der Waals surface area contributed by atoms with Crippen molar-refractivity contribution in [1.82, 2.24) is 4.90 Å². The van der Waals surface area contributed by atoms with Gasteiger partial charge in [-0.05, 0) is 55.6 Å². The van der Waals surface area contributed by atoms with Gasteiger partial charge in [-0.25, -0.2) is 8.42 Å². The predicted octanol–water partition coefficient (Wildman–Crippen LogP) is 3.15. The van der Waals surface area contributed by atoms with E-state index in [0.717, 1.165) is 17.8 Å². The summed E-state index contributed by atoms with van der Waals surface area (Å²) in [6, 6.07) is 6.18. The maximum absolute atomic E-state index is 11.8. The smallest absolute Gasteiger partial charge is 0.173 e. The van der Waals surface area contributed by atoms with Crippen molar-refractivity contribution in [3.63, 3.8) is 0 Å². The van der Waals surface area contributed by atoms with Gasteiger partial charge in [0.15, 0.2) is 14.9 Å². The van der Waals surface area contributed by atoms with Gasteiger partial charge in [-0.1, -0.05) is 26.0 Å². The highest BCUT2D eigenvalue weighted by Crippen LogP contribution is 2.22. The molecule has 1 saturated heterocycles. The lowest BCUT2D eigenvalue weighted by molar-refractivity contribution is 0.303. The largest absolute Gasteiger partial charge is 0.345 e. The number of nitrogens with one attached hydrogen (secondary N) is 1. The van der Waals surface area contributed by atoms with Gasteiger partial charge in [0.1, 0.15) is 0 Å². The van der Waals surface area contributed by atoms with Crippen LogP contribution in [0, 0.1) is 19.8 Å². The average Bonchev–Trinajstić information content (AvgIpc) is 2.80. The summed E-state index contributed by atoms with van der Waals surface area (Å²) in [4.78, 5) is 2.06. The minimum Gasteiger partial charge on any atom is -0.345 e. The maximum atomic E-state index is 11.8. The van der Waals surface area contributed by atoms with Crippen molar-refractivity contribution < 1.29 is 8.42 Å². The van der Waals surface area contributed by atoms with Gasteiger partial charge in [0.25, 0.3) is 0 Å². The zero-order valence-electron chi connectivity index (χ0n) is 14.3. The number of thiocarbonyl (C=S) groups is 1. The summed E-state index contributed by atoms with van der Waals surface area (Å²) in [5.74, 6) is 0.879. The molecule has 1 aliphatic heterocycles. The zero-order chi connectivity index (χ0) is 17.2. The highest BCUT2D eigenvalue weighted by molar-refractivity contribution is 7.91. The molecule has 1 aliphatic rings. The normalized spacial score (nSPS) is 19.8. The van der Waals surface area contributed by atoms with Crippen LogP contribution in [0.3, 0.4) is 0 Å². The minimum absolute atomic E-state index is 0.0208. The Morgan fingerprint density at radius 1 is 1.39 bits per heavy atom. The second-order valence-electron chi connectivity index (χ2n) is 6.85. The Labute approximate surface area is 145 Å². The highest BCUT2D eigenvalue weighted by atomic mass is 32.2. The van der Waals surface area contributed by atoms with Crippen molar-refractivity contribution in [2.75, 3.05) is 23.4 Å². The van der Waals surface area contributed by atoms with E-state index in [2.05, 4.69) is 42.3 Å². The molecule has 0 aliphatic carbocycles. The number of hydrogen-bond donors (Lipinski definition) is 1. The summed E-state index contributed by atoms with van der Waals surface area (Å²) in [7, 11) is -2.93. The number of rotatable bonds is 4. The summed E-state index contributed by atoms with van der Waals surface area (Å²) >= 11 is 5.61. The molecule has 6 heteroatoms. The van der Waals surface area contributed by atoms with E-state index in [4.69, 9.17) is 12.2 Å². The maximum Gasteiger partial charge on any atom is 0.173 e. The van der Waals surface area contributed by atoms with Gasteiger partial charge >= 0.3 is 0 Å². The van der Waals surface area contributed by atoms with Gasteiger partial charge < -0.3 is 10.2 Å². The molecule has 0 aromatic heterocycles. The fourth-order valence-corrected chi connectivity index (χ4v) is 4.93. The number of benzene rings is 1. The number of aryl methyl sites for hydroxylation is 2. The van der Waals surface area contributed by atoms with Crippen LogP contribution in [0.5, 0.6) is 0 Å². The molecule has 1 heterocycles. The van der Waals surface area contributed by atoms with Crippen LogP contribution in [-0.4, -0.2) is 42.5 Å². The lowest BCUT2D eigenvalue weighted by atomic mass is 10.1. The van der Waals surface area contributed by atoms with E-state index in [0.29, 0.717) is 17.5 Å². The fourth-order valence-electron chi connectivity index (χ4n) is 2.87. The lowest BCUT2D eigenvalue weighted by Crippen LogP contribution is -2.45.